The maximum atomic E-state index is 12.2. The van der Waals surface area contributed by atoms with Crippen LogP contribution in [-0.2, 0) is 0 Å². The third-order valence-electron chi connectivity index (χ3n) is 3.57. The zero-order valence-corrected chi connectivity index (χ0v) is 15.8. The smallest absolute Gasteiger partial charge is 0.274 e. The molecule has 1 N–H and O–H groups in total. The zero-order chi connectivity index (χ0) is 18.9. The molecule has 0 aliphatic heterocycles. The summed E-state index contributed by atoms with van der Waals surface area (Å²) in [5, 5.41) is 4.04. The van der Waals surface area contributed by atoms with Gasteiger partial charge in [0.25, 0.3) is 5.91 Å². The van der Waals surface area contributed by atoms with Crippen LogP contribution in [0.1, 0.15) is 54.1 Å². The van der Waals surface area contributed by atoms with Crippen molar-refractivity contribution in [1.82, 2.24) is 5.43 Å². The predicted molar refractivity (Wildman–Crippen MR) is 101 cm³/mol. The van der Waals surface area contributed by atoms with Gasteiger partial charge in [-0.15, -0.1) is 0 Å². The maximum Gasteiger partial charge on any atom is 0.274 e. The van der Waals surface area contributed by atoms with Crippen molar-refractivity contribution in [2.24, 2.45) is 5.10 Å². The highest BCUT2D eigenvalue weighted by Crippen LogP contribution is 2.24. The van der Waals surface area contributed by atoms with Gasteiger partial charge in [-0.05, 0) is 44.9 Å². The number of hydrazone groups is 1. The molecule has 1 aromatic carbocycles. The fourth-order valence-electron chi connectivity index (χ4n) is 2.34. The van der Waals surface area contributed by atoms with E-state index in [2.05, 4.69) is 17.5 Å². The molecule has 0 unspecified atom stereocenters. The Bertz CT molecular complexity index is 765. The van der Waals surface area contributed by atoms with E-state index in [4.69, 9.17) is 13.9 Å². The lowest BCUT2D eigenvalue weighted by Gasteiger charge is -2.11. The molecule has 0 spiro atoms. The molecule has 6 nitrogen and oxygen atoms in total. The Kier molecular flexibility index (Phi) is 7.26. The Morgan fingerprint density at radius 3 is 2.54 bits per heavy atom. The average molecular weight is 358 g/mol. The third-order valence-corrected chi connectivity index (χ3v) is 3.57. The van der Waals surface area contributed by atoms with Crippen molar-refractivity contribution >= 4 is 12.1 Å². The second-order valence-corrected chi connectivity index (χ2v) is 5.92. The molecule has 0 aliphatic rings. The van der Waals surface area contributed by atoms with Crippen molar-refractivity contribution in [1.29, 1.82) is 0 Å². The van der Waals surface area contributed by atoms with Crippen molar-refractivity contribution in [2.45, 2.75) is 40.5 Å². The van der Waals surface area contributed by atoms with Gasteiger partial charge in [-0.3, -0.25) is 4.79 Å². The Morgan fingerprint density at radius 2 is 1.88 bits per heavy atom. The molecule has 1 amide bonds. The molecule has 0 saturated heterocycles. The van der Waals surface area contributed by atoms with Crippen molar-refractivity contribution in [3.8, 4) is 11.5 Å². The van der Waals surface area contributed by atoms with Crippen LogP contribution in [0.3, 0.4) is 0 Å². The summed E-state index contributed by atoms with van der Waals surface area (Å²) < 4.78 is 16.8. The molecular formula is C20H26N2O4. The van der Waals surface area contributed by atoms with Gasteiger partial charge in [-0.25, -0.2) is 5.43 Å². The van der Waals surface area contributed by atoms with E-state index in [0.29, 0.717) is 36.0 Å². The van der Waals surface area contributed by atoms with E-state index in [-0.39, 0.29) is 5.91 Å². The number of rotatable bonds is 9. The Morgan fingerprint density at radius 1 is 1.15 bits per heavy atom. The number of carbonyl (C=O) groups excluding carboxylic acids is 1. The van der Waals surface area contributed by atoms with Crippen molar-refractivity contribution in [3.05, 3.63) is 46.9 Å². The molecule has 0 aliphatic carbocycles. The van der Waals surface area contributed by atoms with Crippen molar-refractivity contribution in [3.63, 3.8) is 0 Å². The average Bonchev–Trinajstić information content (AvgIpc) is 2.97. The monoisotopic (exact) mass is 358 g/mol. The summed E-state index contributed by atoms with van der Waals surface area (Å²) in [7, 11) is 0. The molecule has 2 rings (SSSR count). The SMILES string of the molecule is CCCOc1ccc(C=NNC(=O)c2cc(C)oc2C)c(OCCC)c1. The number of aryl methyl sites for hydroxylation is 2. The van der Waals surface area contributed by atoms with Crippen LogP contribution in [0.25, 0.3) is 0 Å². The fraction of sp³-hybridized carbons (Fsp3) is 0.400. The summed E-state index contributed by atoms with van der Waals surface area (Å²) in [4.78, 5) is 12.2. The van der Waals surface area contributed by atoms with Crippen LogP contribution >= 0.6 is 0 Å². The molecule has 1 aromatic heterocycles. The highest BCUT2D eigenvalue weighted by molar-refractivity contribution is 5.96. The number of hydrogen-bond donors (Lipinski definition) is 1. The standard InChI is InChI=1S/C20H26N2O4/c1-5-9-24-17-8-7-16(19(12-17)25-10-6-2)13-21-22-20(23)18-11-14(3)26-15(18)4/h7-8,11-13H,5-6,9-10H2,1-4H3,(H,22,23). The first-order valence-corrected chi connectivity index (χ1v) is 8.85. The molecule has 1 heterocycles. The van der Waals surface area contributed by atoms with Crippen LogP contribution in [0.15, 0.2) is 33.8 Å². The predicted octanol–water partition coefficient (Wildman–Crippen LogP) is 4.24. The lowest BCUT2D eigenvalue weighted by atomic mass is 10.2. The van der Waals surface area contributed by atoms with Gasteiger partial charge in [0.05, 0.1) is 25.0 Å². The van der Waals surface area contributed by atoms with Crippen LogP contribution < -0.4 is 14.9 Å². The molecule has 0 bridgehead atoms. The van der Waals surface area contributed by atoms with Gasteiger partial charge in [-0.1, -0.05) is 13.8 Å². The first-order chi connectivity index (χ1) is 12.5. The van der Waals surface area contributed by atoms with E-state index in [9.17, 15) is 4.79 Å². The molecule has 0 fully saturated rings. The maximum absolute atomic E-state index is 12.2. The van der Waals surface area contributed by atoms with E-state index < -0.39 is 0 Å². The van der Waals surface area contributed by atoms with Crippen LogP contribution in [-0.4, -0.2) is 25.3 Å². The van der Waals surface area contributed by atoms with Gasteiger partial charge in [-0.2, -0.15) is 5.10 Å². The number of benzene rings is 1. The molecule has 26 heavy (non-hydrogen) atoms. The molecular weight excluding hydrogens is 332 g/mol. The molecule has 0 saturated carbocycles. The van der Waals surface area contributed by atoms with Gasteiger partial charge < -0.3 is 13.9 Å². The lowest BCUT2D eigenvalue weighted by molar-refractivity contribution is 0.0953. The highest BCUT2D eigenvalue weighted by Gasteiger charge is 2.12. The first-order valence-electron chi connectivity index (χ1n) is 8.85. The third kappa shape index (κ3) is 5.37. The van der Waals surface area contributed by atoms with Crippen LogP contribution in [0.4, 0.5) is 0 Å². The topological polar surface area (TPSA) is 73.1 Å². The number of nitrogens with one attached hydrogen (secondary N) is 1. The number of ether oxygens (including phenoxy) is 2. The summed E-state index contributed by atoms with van der Waals surface area (Å²) >= 11 is 0. The van der Waals surface area contributed by atoms with Gasteiger partial charge in [0.1, 0.15) is 23.0 Å². The first kappa shape index (κ1) is 19.6. The summed E-state index contributed by atoms with van der Waals surface area (Å²) in [5.74, 6) is 2.38. The Balaban J connectivity index is 2.09. The zero-order valence-electron chi connectivity index (χ0n) is 15.8. The number of carbonyl (C=O) groups is 1. The van der Waals surface area contributed by atoms with Crippen LogP contribution in [0, 0.1) is 13.8 Å². The lowest BCUT2D eigenvalue weighted by Crippen LogP contribution is -2.17. The normalized spacial score (nSPS) is 10.9. The second-order valence-electron chi connectivity index (χ2n) is 5.92. The van der Waals surface area contributed by atoms with E-state index in [1.807, 2.05) is 25.1 Å². The minimum atomic E-state index is -0.311. The van der Waals surface area contributed by atoms with Crippen LogP contribution in [0.2, 0.25) is 0 Å². The second kappa shape index (κ2) is 9.65. The molecule has 6 heteroatoms. The minimum Gasteiger partial charge on any atom is -0.493 e. The summed E-state index contributed by atoms with van der Waals surface area (Å²) in [5.41, 5.74) is 3.76. The summed E-state index contributed by atoms with van der Waals surface area (Å²) in [6.45, 7) is 8.89. The highest BCUT2D eigenvalue weighted by atomic mass is 16.5. The quantitative estimate of drug-likeness (QED) is 0.537. The van der Waals surface area contributed by atoms with E-state index in [1.165, 1.54) is 0 Å². The van der Waals surface area contributed by atoms with Gasteiger partial charge in [0.2, 0.25) is 0 Å². The molecule has 0 radical (unpaired) electrons. The summed E-state index contributed by atoms with van der Waals surface area (Å²) in [6, 6.07) is 7.26. The number of furan rings is 1. The van der Waals surface area contributed by atoms with Crippen molar-refractivity contribution in [2.75, 3.05) is 13.2 Å². The van der Waals surface area contributed by atoms with Gasteiger partial charge >= 0.3 is 0 Å². The minimum absolute atomic E-state index is 0.311. The number of nitrogens with zero attached hydrogens (tertiary/aromatic N) is 1. The molecule has 2 aromatic rings. The molecule has 140 valence electrons. The Labute approximate surface area is 154 Å². The van der Waals surface area contributed by atoms with Gasteiger partial charge in [0.15, 0.2) is 0 Å². The van der Waals surface area contributed by atoms with Crippen molar-refractivity contribution < 1.29 is 18.7 Å². The van der Waals surface area contributed by atoms with E-state index in [0.717, 1.165) is 24.2 Å². The fourth-order valence-corrected chi connectivity index (χ4v) is 2.34. The molecule has 0 atom stereocenters. The van der Waals surface area contributed by atoms with E-state index >= 15 is 0 Å². The Hall–Kier alpha value is -2.76. The number of hydrogen-bond acceptors (Lipinski definition) is 5. The van der Waals surface area contributed by atoms with Gasteiger partial charge in [0, 0.05) is 11.6 Å². The number of amides is 1. The van der Waals surface area contributed by atoms with E-state index in [1.54, 1.807) is 26.1 Å². The van der Waals surface area contributed by atoms with Crippen LogP contribution in [0.5, 0.6) is 11.5 Å². The summed E-state index contributed by atoms with van der Waals surface area (Å²) in [6.07, 6.45) is 3.40. The largest absolute Gasteiger partial charge is 0.493 e.